The predicted octanol–water partition coefficient (Wildman–Crippen LogP) is 1.61. The zero-order chi connectivity index (χ0) is 16.2. The lowest BCUT2D eigenvalue weighted by molar-refractivity contribution is -0.121. The van der Waals surface area contributed by atoms with Gasteiger partial charge >= 0.3 is 0 Å². The summed E-state index contributed by atoms with van der Waals surface area (Å²) in [6.45, 7) is 5.15. The first-order valence-electron chi connectivity index (χ1n) is 8.00. The molecule has 23 heavy (non-hydrogen) atoms. The zero-order valence-corrected chi connectivity index (χ0v) is 13.5. The Balaban J connectivity index is 1.45. The van der Waals surface area contributed by atoms with Crippen LogP contribution in [0.5, 0.6) is 0 Å². The van der Waals surface area contributed by atoms with Gasteiger partial charge in [0.1, 0.15) is 5.82 Å². The number of aromatic nitrogens is 4. The summed E-state index contributed by atoms with van der Waals surface area (Å²) in [5, 5.41) is 18.8. The van der Waals surface area contributed by atoms with Crippen LogP contribution in [0.3, 0.4) is 0 Å². The van der Waals surface area contributed by atoms with Crippen LogP contribution in [0.25, 0.3) is 5.82 Å². The average Bonchev–Trinajstić information content (AvgIpc) is 3.27. The smallest absolute Gasteiger partial charge is 0.220 e. The number of anilines is 1. The second-order valence-electron chi connectivity index (χ2n) is 6.04. The molecule has 1 fully saturated rings. The van der Waals surface area contributed by atoms with Gasteiger partial charge in [-0.2, -0.15) is 5.10 Å². The van der Waals surface area contributed by atoms with Crippen molar-refractivity contribution in [2.24, 2.45) is 5.92 Å². The minimum atomic E-state index is 0.139. The lowest BCUT2D eigenvalue weighted by atomic mass is 10.3. The minimum absolute atomic E-state index is 0.139. The van der Waals surface area contributed by atoms with Gasteiger partial charge < -0.3 is 10.6 Å². The van der Waals surface area contributed by atoms with Crippen molar-refractivity contribution >= 4 is 11.7 Å². The van der Waals surface area contributed by atoms with Crippen LogP contribution >= 0.6 is 0 Å². The van der Waals surface area contributed by atoms with Crippen molar-refractivity contribution < 1.29 is 4.79 Å². The number of hydrogen-bond acceptors (Lipinski definition) is 5. The molecule has 0 aliphatic heterocycles. The number of nitrogens with zero attached hydrogens (tertiary/aromatic N) is 4. The minimum Gasteiger partial charge on any atom is -0.367 e. The molecule has 0 saturated heterocycles. The number of nitrogens with one attached hydrogen (secondary N) is 2. The molecule has 0 atom stereocenters. The van der Waals surface area contributed by atoms with Gasteiger partial charge in [0.2, 0.25) is 5.91 Å². The van der Waals surface area contributed by atoms with E-state index in [4.69, 9.17) is 0 Å². The van der Waals surface area contributed by atoms with E-state index in [0.717, 1.165) is 11.4 Å². The highest BCUT2D eigenvalue weighted by atomic mass is 16.1. The third-order valence-corrected chi connectivity index (χ3v) is 3.80. The normalized spacial score (nSPS) is 13.8. The first-order chi connectivity index (χ1) is 11.1. The van der Waals surface area contributed by atoms with Gasteiger partial charge in [-0.15, -0.1) is 10.2 Å². The predicted molar refractivity (Wildman–Crippen MR) is 87.5 cm³/mol. The summed E-state index contributed by atoms with van der Waals surface area (Å²) in [4.78, 5) is 11.6. The van der Waals surface area contributed by atoms with Crippen LogP contribution < -0.4 is 10.6 Å². The van der Waals surface area contributed by atoms with Crippen LogP contribution in [0, 0.1) is 19.8 Å². The molecule has 0 bridgehead atoms. The number of carbonyl (C=O) groups excluding carboxylic acids is 1. The quantitative estimate of drug-likeness (QED) is 0.758. The maximum atomic E-state index is 11.6. The van der Waals surface area contributed by atoms with E-state index in [-0.39, 0.29) is 5.91 Å². The fourth-order valence-corrected chi connectivity index (χ4v) is 2.44. The number of amides is 1. The highest BCUT2D eigenvalue weighted by Gasteiger charge is 2.23. The van der Waals surface area contributed by atoms with Crippen molar-refractivity contribution in [3.63, 3.8) is 0 Å². The molecule has 3 rings (SSSR count). The number of aryl methyl sites for hydroxylation is 2. The van der Waals surface area contributed by atoms with Gasteiger partial charge in [-0.1, -0.05) is 0 Å². The lowest BCUT2D eigenvalue weighted by Crippen LogP contribution is -2.29. The maximum Gasteiger partial charge on any atom is 0.220 e. The molecular weight excluding hydrogens is 292 g/mol. The molecule has 2 N–H and O–H groups in total. The Hall–Kier alpha value is -2.44. The van der Waals surface area contributed by atoms with Crippen molar-refractivity contribution in [2.75, 3.05) is 18.4 Å². The van der Waals surface area contributed by atoms with E-state index < -0.39 is 0 Å². The Kier molecular flexibility index (Phi) is 4.55. The standard InChI is InChI=1S/C16H22N6O/c1-11-9-12(2)22(21-11)15-6-5-14(19-20-15)17-7-8-18-16(23)10-13-3-4-13/h5-6,9,13H,3-4,7-8,10H2,1-2H3,(H,17,19)(H,18,23). The van der Waals surface area contributed by atoms with E-state index in [0.29, 0.717) is 37.1 Å². The summed E-state index contributed by atoms with van der Waals surface area (Å²) in [5.74, 6) is 2.14. The van der Waals surface area contributed by atoms with E-state index >= 15 is 0 Å². The second kappa shape index (κ2) is 6.76. The van der Waals surface area contributed by atoms with Crippen LogP contribution in [0.2, 0.25) is 0 Å². The van der Waals surface area contributed by atoms with Gasteiger partial charge in [0.25, 0.3) is 0 Å². The van der Waals surface area contributed by atoms with Gasteiger partial charge in [-0.3, -0.25) is 4.79 Å². The Labute approximate surface area is 135 Å². The van der Waals surface area contributed by atoms with E-state index in [1.807, 2.05) is 32.0 Å². The molecule has 1 aliphatic rings. The number of rotatable bonds is 7. The molecule has 2 aromatic rings. The molecular formula is C16H22N6O. The van der Waals surface area contributed by atoms with Crippen molar-refractivity contribution in [3.05, 3.63) is 29.6 Å². The van der Waals surface area contributed by atoms with Gasteiger partial charge in [0.05, 0.1) is 5.69 Å². The highest BCUT2D eigenvalue weighted by molar-refractivity contribution is 5.76. The Morgan fingerprint density at radius 2 is 2.09 bits per heavy atom. The molecule has 0 spiro atoms. The third-order valence-electron chi connectivity index (χ3n) is 3.80. The maximum absolute atomic E-state index is 11.6. The molecule has 2 aromatic heterocycles. The average molecular weight is 314 g/mol. The van der Waals surface area contributed by atoms with E-state index in [1.165, 1.54) is 12.8 Å². The SMILES string of the molecule is Cc1cc(C)n(-c2ccc(NCCNC(=O)CC3CC3)nn2)n1. The first-order valence-corrected chi connectivity index (χ1v) is 8.00. The molecule has 0 radical (unpaired) electrons. The Morgan fingerprint density at radius 1 is 1.26 bits per heavy atom. The van der Waals surface area contributed by atoms with Gasteiger partial charge in [-0.25, -0.2) is 4.68 Å². The Bertz CT molecular complexity index is 674. The highest BCUT2D eigenvalue weighted by Crippen LogP contribution is 2.31. The monoisotopic (exact) mass is 314 g/mol. The summed E-state index contributed by atoms with van der Waals surface area (Å²) in [5.41, 5.74) is 1.98. The molecule has 2 heterocycles. The number of carbonyl (C=O) groups is 1. The molecule has 0 unspecified atom stereocenters. The molecule has 0 aromatic carbocycles. The molecule has 7 nitrogen and oxygen atoms in total. The fraction of sp³-hybridized carbons (Fsp3) is 0.500. The summed E-state index contributed by atoms with van der Waals surface area (Å²) >= 11 is 0. The van der Waals surface area contributed by atoms with Crippen molar-refractivity contribution in [3.8, 4) is 5.82 Å². The summed E-state index contributed by atoms with van der Waals surface area (Å²) in [6, 6.07) is 5.74. The summed E-state index contributed by atoms with van der Waals surface area (Å²) in [6.07, 6.45) is 3.06. The first kappa shape index (κ1) is 15.5. The van der Waals surface area contributed by atoms with Crippen LogP contribution in [0.4, 0.5) is 5.82 Å². The van der Waals surface area contributed by atoms with Crippen molar-refractivity contribution in [2.45, 2.75) is 33.1 Å². The van der Waals surface area contributed by atoms with Crippen molar-refractivity contribution in [1.82, 2.24) is 25.3 Å². The fourth-order valence-electron chi connectivity index (χ4n) is 2.44. The zero-order valence-electron chi connectivity index (χ0n) is 13.5. The van der Waals surface area contributed by atoms with Gasteiger partial charge in [0, 0.05) is 25.2 Å². The van der Waals surface area contributed by atoms with Crippen LogP contribution in [0.1, 0.15) is 30.7 Å². The lowest BCUT2D eigenvalue weighted by Gasteiger charge is -2.07. The number of hydrogen-bond donors (Lipinski definition) is 2. The largest absolute Gasteiger partial charge is 0.367 e. The van der Waals surface area contributed by atoms with E-state index in [1.54, 1.807) is 4.68 Å². The second-order valence-corrected chi connectivity index (χ2v) is 6.04. The van der Waals surface area contributed by atoms with Crippen molar-refractivity contribution in [1.29, 1.82) is 0 Å². The van der Waals surface area contributed by atoms with E-state index in [9.17, 15) is 4.79 Å². The summed E-state index contributed by atoms with van der Waals surface area (Å²) in [7, 11) is 0. The molecule has 1 aliphatic carbocycles. The molecule has 1 saturated carbocycles. The van der Waals surface area contributed by atoms with Gasteiger partial charge in [-0.05, 0) is 50.8 Å². The van der Waals surface area contributed by atoms with Crippen LogP contribution in [-0.4, -0.2) is 39.0 Å². The van der Waals surface area contributed by atoms with Crippen LogP contribution in [-0.2, 0) is 4.79 Å². The van der Waals surface area contributed by atoms with Crippen LogP contribution in [0.15, 0.2) is 18.2 Å². The summed E-state index contributed by atoms with van der Waals surface area (Å²) < 4.78 is 1.77. The van der Waals surface area contributed by atoms with Gasteiger partial charge in [0.15, 0.2) is 5.82 Å². The third kappa shape index (κ3) is 4.28. The van der Waals surface area contributed by atoms with E-state index in [2.05, 4.69) is 25.9 Å². The molecule has 122 valence electrons. The Morgan fingerprint density at radius 3 is 2.70 bits per heavy atom. The topological polar surface area (TPSA) is 84.7 Å². The molecule has 7 heteroatoms. The molecule has 1 amide bonds.